The van der Waals surface area contributed by atoms with Crippen LogP contribution in [0.1, 0.15) is 46.8 Å². The quantitative estimate of drug-likeness (QED) is 0.583. The maximum Gasteiger partial charge on any atom is 0.191 e. The van der Waals surface area contributed by atoms with Gasteiger partial charge in [0.25, 0.3) is 0 Å². The van der Waals surface area contributed by atoms with E-state index in [1.54, 1.807) is 18.4 Å². The van der Waals surface area contributed by atoms with Gasteiger partial charge in [-0.15, -0.1) is 11.3 Å². The first-order chi connectivity index (χ1) is 13.1. The molecule has 0 amide bonds. The molecule has 2 aromatic rings. The van der Waals surface area contributed by atoms with Crippen molar-refractivity contribution < 1.29 is 4.74 Å². The smallest absolute Gasteiger partial charge is 0.191 e. The Balaban J connectivity index is 1.67. The van der Waals surface area contributed by atoms with Crippen molar-refractivity contribution in [1.82, 2.24) is 15.6 Å². The summed E-state index contributed by atoms with van der Waals surface area (Å²) in [4.78, 5) is 10.3. The third-order valence-electron chi connectivity index (χ3n) is 5.54. The minimum atomic E-state index is 0.0958. The SMILES string of the molecule is CN=C(NCc1nc(C)c(C)s1)NCC1(c2ccccc2OC)CCCC1. The fourth-order valence-corrected chi connectivity index (χ4v) is 4.80. The fraction of sp³-hybridized carbons (Fsp3) is 0.524. The lowest BCUT2D eigenvalue weighted by atomic mass is 9.78. The number of hydrogen-bond acceptors (Lipinski definition) is 4. The average Bonchev–Trinajstić information content (AvgIpc) is 3.29. The van der Waals surface area contributed by atoms with Gasteiger partial charge in [0.2, 0.25) is 0 Å². The van der Waals surface area contributed by atoms with Crippen molar-refractivity contribution in [2.24, 2.45) is 4.99 Å². The van der Waals surface area contributed by atoms with E-state index in [0.717, 1.165) is 29.0 Å². The molecule has 6 heteroatoms. The Morgan fingerprint density at radius 2 is 1.96 bits per heavy atom. The average molecular weight is 387 g/mol. The highest BCUT2D eigenvalue weighted by Gasteiger charge is 2.37. The number of hydrogen-bond donors (Lipinski definition) is 2. The van der Waals surface area contributed by atoms with Gasteiger partial charge in [-0.05, 0) is 32.8 Å². The van der Waals surface area contributed by atoms with E-state index in [4.69, 9.17) is 4.74 Å². The van der Waals surface area contributed by atoms with Gasteiger partial charge in [-0.3, -0.25) is 4.99 Å². The van der Waals surface area contributed by atoms with Crippen LogP contribution in [-0.4, -0.2) is 31.6 Å². The summed E-state index contributed by atoms with van der Waals surface area (Å²) in [5, 5.41) is 8.05. The molecule has 0 bridgehead atoms. The van der Waals surface area contributed by atoms with E-state index in [1.165, 1.54) is 36.1 Å². The van der Waals surface area contributed by atoms with Crippen molar-refractivity contribution in [3.63, 3.8) is 0 Å². The number of para-hydroxylation sites is 1. The summed E-state index contributed by atoms with van der Waals surface area (Å²) in [5.74, 6) is 1.81. The maximum atomic E-state index is 5.65. The molecule has 1 aromatic heterocycles. The van der Waals surface area contributed by atoms with E-state index in [-0.39, 0.29) is 5.41 Å². The number of guanidine groups is 1. The van der Waals surface area contributed by atoms with E-state index < -0.39 is 0 Å². The molecule has 2 N–H and O–H groups in total. The molecule has 3 rings (SSSR count). The van der Waals surface area contributed by atoms with Crippen molar-refractivity contribution >= 4 is 17.3 Å². The van der Waals surface area contributed by atoms with E-state index in [2.05, 4.69) is 52.7 Å². The zero-order chi connectivity index (χ0) is 19.3. The summed E-state index contributed by atoms with van der Waals surface area (Å²) in [7, 11) is 3.57. The molecule has 146 valence electrons. The number of methoxy groups -OCH3 is 1. The van der Waals surface area contributed by atoms with Crippen LogP contribution in [0.5, 0.6) is 5.75 Å². The number of nitrogens with one attached hydrogen (secondary N) is 2. The van der Waals surface area contributed by atoms with Gasteiger partial charge >= 0.3 is 0 Å². The molecule has 0 aliphatic heterocycles. The number of rotatable bonds is 6. The van der Waals surface area contributed by atoms with Crippen LogP contribution in [0.4, 0.5) is 0 Å². The predicted octanol–water partition coefficient (Wildman–Crippen LogP) is 3.95. The molecule has 0 saturated heterocycles. The van der Waals surface area contributed by atoms with Crippen LogP contribution in [0.25, 0.3) is 0 Å². The Labute approximate surface area is 166 Å². The molecule has 1 fully saturated rings. The normalized spacial score (nSPS) is 16.4. The zero-order valence-corrected chi connectivity index (χ0v) is 17.6. The summed E-state index contributed by atoms with van der Waals surface area (Å²) < 4.78 is 5.65. The molecular formula is C21H30N4OS. The van der Waals surface area contributed by atoms with Crippen molar-refractivity contribution in [2.45, 2.75) is 51.5 Å². The molecule has 0 spiro atoms. The van der Waals surface area contributed by atoms with Crippen LogP contribution in [0, 0.1) is 13.8 Å². The van der Waals surface area contributed by atoms with E-state index in [9.17, 15) is 0 Å². The lowest BCUT2D eigenvalue weighted by Crippen LogP contribution is -2.44. The monoisotopic (exact) mass is 386 g/mol. The third kappa shape index (κ3) is 4.43. The largest absolute Gasteiger partial charge is 0.496 e. The molecule has 27 heavy (non-hydrogen) atoms. The highest BCUT2D eigenvalue weighted by atomic mass is 32.1. The topological polar surface area (TPSA) is 58.5 Å². The second-order valence-corrected chi connectivity index (χ2v) is 8.50. The molecule has 1 saturated carbocycles. The van der Waals surface area contributed by atoms with Gasteiger partial charge in [0.05, 0.1) is 19.3 Å². The molecule has 1 heterocycles. The van der Waals surface area contributed by atoms with E-state index in [1.807, 2.05) is 13.1 Å². The Kier molecular flexibility index (Phi) is 6.37. The minimum absolute atomic E-state index is 0.0958. The number of benzene rings is 1. The van der Waals surface area contributed by atoms with Gasteiger partial charge in [0, 0.05) is 29.4 Å². The molecular weight excluding hydrogens is 356 g/mol. The molecule has 1 aliphatic carbocycles. The second-order valence-electron chi connectivity index (χ2n) is 7.22. The second kappa shape index (κ2) is 8.74. The summed E-state index contributed by atoms with van der Waals surface area (Å²) >= 11 is 1.74. The predicted molar refractivity (Wildman–Crippen MR) is 113 cm³/mol. The van der Waals surface area contributed by atoms with Gasteiger partial charge < -0.3 is 15.4 Å². The summed E-state index contributed by atoms with van der Waals surface area (Å²) in [5.41, 5.74) is 2.51. The minimum Gasteiger partial charge on any atom is -0.496 e. The van der Waals surface area contributed by atoms with Gasteiger partial charge in [-0.2, -0.15) is 0 Å². The van der Waals surface area contributed by atoms with Crippen LogP contribution in [0.3, 0.4) is 0 Å². The Morgan fingerprint density at radius 3 is 2.59 bits per heavy atom. The lowest BCUT2D eigenvalue weighted by molar-refractivity contribution is 0.371. The van der Waals surface area contributed by atoms with Crippen LogP contribution in [-0.2, 0) is 12.0 Å². The van der Waals surface area contributed by atoms with Gasteiger partial charge in [-0.1, -0.05) is 31.0 Å². The third-order valence-corrected chi connectivity index (χ3v) is 6.61. The van der Waals surface area contributed by atoms with Crippen molar-refractivity contribution in [3.05, 3.63) is 45.4 Å². The highest BCUT2D eigenvalue weighted by molar-refractivity contribution is 7.11. The molecule has 0 atom stereocenters. The molecule has 5 nitrogen and oxygen atoms in total. The van der Waals surface area contributed by atoms with E-state index in [0.29, 0.717) is 6.54 Å². The summed E-state index contributed by atoms with van der Waals surface area (Å²) in [6.07, 6.45) is 4.84. The van der Waals surface area contributed by atoms with Crippen LogP contribution in [0.2, 0.25) is 0 Å². The number of aryl methyl sites for hydroxylation is 2. The van der Waals surface area contributed by atoms with Crippen LogP contribution < -0.4 is 15.4 Å². The first-order valence-electron chi connectivity index (χ1n) is 9.59. The highest BCUT2D eigenvalue weighted by Crippen LogP contribution is 2.44. The van der Waals surface area contributed by atoms with Crippen LogP contribution >= 0.6 is 11.3 Å². The fourth-order valence-electron chi connectivity index (χ4n) is 3.92. The van der Waals surface area contributed by atoms with Crippen LogP contribution in [0.15, 0.2) is 29.3 Å². The first kappa shape index (κ1) is 19.7. The number of aliphatic imine (C=N–C) groups is 1. The molecule has 0 radical (unpaired) electrons. The zero-order valence-electron chi connectivity index (χ0n) is 16.8. The van der Waals surface area contributed by atoms with Crippen molar-refractivity contribution in [3.8, 4) is 5.75 Å². The molecule has 1 aliphatic rings. The first-order valence-corrected chi connectivity index (χ1v) is 10.4. The van der Waals surface area contributed by atoms with Crippen molar-refractivity contribution in [2.75, 3.05) is 20.7 Å². The molecule has 0 unspecified atom stereocenters. The summed E-state index contributed by atoms with van der Waals surface area (Å²) in [6.45, 7) is 5.71. The number of ether oxygens (including phenoxy) is 1. The number of nitrogens with zero attached hydrogens (tertiary/aromatic N) is 2. The van der Waals surface area contributed by atoms with Gasteiger partial charge in [0.15, 0.2) is 5.96 Å². The van der Waals surface area contributed by atoms with Gasteiger partial charge in [-0.25, -0.2) is 4.98 Å². The van der Waals surface area contributed by atoms with Gasteiger partial charge in [0.1, 0.15) is 10.8 Å². The van der Waals surface area contributed by atoms with E-state index >= 15 is 0 Å². The maximum absolute atomic E-state index is 5.65. The Morgan fingerprint density at radius 1 is 1.22 bits per heavy atom. The Bertz CT molecular complexity index is 774. The molecule has 1 aromatic carbocycles. The number of aromatic nitrogens is 1. The van der Waals surface area contributed by atoms with Crippen molar-refractivity contribution in [1.29, 1.82) is 0 Å². The summed E-state index contributed by atoms with van der Waals surface area (Å²) in [6, 6.07) is 8.42. The number of thiazole rings is 1. The lowest BCUT2D eigenvalue weighted by Gasteiger charge is -2.32. The Hall–Kier alpha value is -2.08. The standard InChI is InChI=1S/C21H30N4OS/c1-15-16(2)27-19(25-15)13-23-20(22-3)24-14-21(11-7-8-12-21)17-9-5-6-10-18(17)26-4/h5-6,9-10H,7-8,11-14H2,1-4H3,(H2,22,23,24).